The van der Waals surface area contributed by atoms with Crippen molar-refractivity contribution in [2.75, 3.05) is 7.11 Å². The Labute approximate surface area is 155 Å². The molecule has 3 heterocycles. The van der Waals surface area contributed by atoms with Gasteiger partial charge in [0, 0.05) is 12.7 Å². The van der Waals surface area contributed by atoms with Gasteiger partial charge in [-0.05, 0) is 45.0 Å². The minimum Gasteiger partial charge on any atom is -0.465 e. The Bertz CT molecular complexity index is 1130. The first kappa shape index (κ1) is 17.0. The van der Waals surface area contributed by atoms with Crippen molar-refractivity contribution in [1.82, 2.24) is 29.5 Å². The van der Waals surface area contributed by atoms with E-state index in [1.807, 2.05) is 36.9 Å². The van der Waals surface area contributed by atoms with Crippen LogP contribution in [0.4, 0.5) is 0 Å². The second kappa shape index (κ2) is 6.39. The quantitative estimate of drug-likeness (QED) is 0.562. The van der Waals surface area contributed by atoms with E-state index in [1.54, 1.807) is 16.8 Å². The van der Waals surface area contributed by atoms with Gasteiger partial charge in [-0.2, -0.15) is 10.2 Å². The van der Waals surface area contributed by atoms with E-state index in [4.69, 9.17) is 9.72 Å². The fraction of sp³-hybridized carbons (Fsp3) is 0.263. The lowest BCUT2D eigenvalue weighted by Gasteiger charge is -2.03. The Morgan fingerprint density at radius 2 is 1.89 bits per heavy atom. The molecule has 0 aliphatic carbocycles. The number of aromatic nitrogens is 6. The molecule has 27 heavy (non-hydrogen) atoms. The normalized spacial score (nSPS) is 11.3. The van der Waals surface area contributed by atoms with Crippen LogP contribution in [0, 0.1) is 13.8 Å². The van der Waals surface area contributed by atoms with Gasteiger partial charge in [0.05, 0.1) is 35.3 Å². The number of methoxy groups -OCH3 is 1. The van der Waals surface area contributed by atoms with Crippen LogP contribution in [0.3, 0.4) is 0 Å². The molecule has 0 spiro atoms. The number of imidazole rings is 1. The molecule has 1 N–H and O–H groups in total. The molecule has 0 bridgehead atoms. The molecule has 0 aliphatic rings. The molecule has 8 heteroatoms. The van der Waals surface area contributed by atoms with Crippen molar-refractivity contribution >= 4 is 17.1 Å². The summed E-state index contributed by atoms with van der Waals surface area (Å²) in [6.45, 7) is 6.76. The number of carbonyl (C=O) groups excluding carboxylic acids is 1. The molecular weight excluding hydrogens is 344 g/mol. The number of hydrogen-bond donors (Lipinski definition) is 1. The Kier molecular flexibility index (Phi) is 4.02. The molecule has 0 fully saturated rings. The van der Waals surface area contributed by atoms with E-state index in [0.29, 0.717) is 5.56 Å². The number of H-pyrrole nitrogens is 1. The van der Waals surface area contributed by atoms with Crippen molar-refractivity contribution in [2.45, 2.75) is 27.3 Å². The Hall–Kier alpha value is -3.42. The van der Waals surface area contributed by atoms with Crippen molar-refractivity contribution < 1.29 is 9.53 Å². The number of ether oxygens (including phenoxy) is 1. The van der Waals surface area contributed by atoms with Gasteiger partial charge in [-0.3, -0.25) is 4.68 Å². The monoisotopic (exact) mass is 364 g/mol. The van der Waals surface area contributed by atoms with Crippen LogP contribution in [-0.2, 0) is 11.3 Å². The standard InChI is InChI=1S/C19H20N6O2/c1-5-24-10-15(11(2)22-24)17-20-16-12(3)23-25(18(16)21-17)14-8-6-13(7-9-14)19(26)27-4/h6-10H,5H2,1-4H3,(H,20,21). The van der Waals surface area contributed by atoms with Gasteiger partial charge in [-0.1, -0.05) is 0 Å². The molecule has 1 aromatic carbocycles. The third-order valence-electron chi connectivity index (χ3n) is 4.56. The number of aromatic amines is 1. The summed E-state index contributed by atoms with van der Waals surface area (Å²) in [5.41, 5.74) is 5.67. The van der Waals surface area contributed by atoms with E-state index in [9.17, 15) is 4.79 Å². The van der Waals surface area contributed by atoms with Crippen molar-refractivity contribution in [2.24, 2.45) is 0 Å². The predicted molar refractivity (Wildman–Crippen MR) is 101 cm³/mol. The Morgan fingerprint density at radius 3 is 2.52 bits per heavy atom. The van der Waals surface area contributed by atoms with Gasteiger partial charge >= 0.3 is 5.97 Å². The van der Waals surface area contributed by atoms with E-state index < -0.39 is 0 Å². The average molecular weight is 364 g/mol. The number of benzene rings is 1. The molecule has 0 radical (unpaired) electrons. The number of esters is 1. The van der Waals surface area contributed by atoms with Gasteiger partial charge in [0.15, 0.2) is 5.65 Å². The number of carbonyl (C=O) groups is 1. The zero-order valence-corrected chi connectivity index (χ0v) is 15.6. The molecule has 0 unspecified atom stereocenters. The second-order valence-corrected chi connectivity index (χ2v) is 6.30. The fourth-order valence-corrected chi connectivity index (χ4v) is 3.09. The zero-order chi connectivity index (χ0) is 19.1. The van der Waals surface area contributed by atoms with Gasteiger partial charge in [0.25, 0.3) is 0 Å². The minimum atomic E-state index is -0.367. The van der Waals surface area contributed by atoms with Crippen molar-refractivity contribution in [3.63, 3.8) is 0 Å². The number of fused-ring (bicyclic) bond motifs is 1. The number of rotatable bonds is 4. The van der Waals surface area contributed by atoms with E-state index in [-0.39, 0.29) is 5.97 Å². The third kappa shape index (κ3) is 2.79. The average Bonchev–Trinajstić information content (AvgIpc) is 3.35. The summed E-state index contributed by atoms with van der Waals surface area (Å²) in [5, 5.41) is 9.07. The van der Waals surface area contributed by atoms with Gasteiger partial charge in [-0.25, -0.2) is 14.5 Å². The summed E-state index contributed by atoms with van der Waals surface area (Å²) in [5.74, 6) is 0.399. The lowest BCUT2D eigenvalue weighted by molar-refractivity contribution is 0.0600. The minimum absolute atomic E-state index is 0.367. The van der Waals surface area contributed by atoms with Crippen LogP contribution in [0.1, 0.15) is 28.7 Å². The molecule has 0 aliphatic heterocycles. The summed E-state index contributed by atoms with van der Waals surface area (Å²) in [7, 11) is 1.37. The number of nitrogens with zero attached hydrogens (tertiary/aromatic N) is 5. The molecule has 4 rings (SSSR count). The van der Waals surface area contributed by atoms with Gasteiger partial charge in [0.1, 0.15) is 11.3 Å². The molecule has 8 nitrogen and oxygen atoms in total. The van der Waals surface area contributed by atoms with Crippen LogP contribution in [0.2, 0.25) is 0 Å². The molecule has 0 saturated carbocycles. The maximum Gasteiger partial charge on any atom is 0.337 e. The molecular formula is C19H20N6O2. The highest BCUT2D eigenvalue weighted by molar-refractivity contribution is 5.89. The van der Waals surface area contributed by atoms with Crippen molar-refractivity contribution in [3.8, 4) is 17.1 Å². The molecule has 3 aromatic heterocycles. The number of nitrogens with one attached hydrogen (secondary N) is 1. The van der Waals surface area contributed by atoms with E-state index in [1.165, 1.54) is 7.11 Å². The summed E-state index contributed by atoms with van der Waals surface area (Å²) in [6, 6.07) is 7.08. The first-order valence-electron chi connectivity index (χ1n) is 8.70. The van der Waals surface area contributed by atoms with Crippen LogP contribution in [-0.4, -0.2) is 42.6 Å². The molecule has 138 valence electrons. The van der Waals surface area contributed by atoms with Gasteiger partial charge in [0.2, 0.25) is 0 Å². The van der Waals surface area contributed by atoms with Crippen LogP contribution >= 0.6 is 0 Å². The SMILES string of the molecule is CCn1cc(-c2nc3c([nH]2)c(C)nn3-c2ccc(C(=O)OC)cc2)c(C)n1. The van der Waals surface area contributed by atoms with E-state index >= 15 is 0 Å². The summed E-state index contributed by atoms with van der Waals surface area (Å²) >= 11 is 0. The first-order chi connectivity index (χ1) is 13.0. The lowest BCUT2D eigenvalue weighted by atomic mass is 10.2. The van der Waals surface area contributed by atoms with E-state index in [2.05, 4.69) is 22.1 Å². The predicted octanol–water partition coefficient (Wildman–Crippen LogP) is 3.04. The Morgan fingerprint density at radius 1 is 1.15 bits per heavy atom. The van der Waals surface area contributed by atoms with Crippen molar-refractivity contribution in [1.29, 1.82) is 0 Å². The molecule has 0 atom stereocenters. The number of hydrogen-bond acceptors (Lipinski definition) is 5. The lowest BCUT2D eigenvalue weighted by Crippen LogP contribution is -2.02. The summed E-state index contributed by atoms with van der Waals surface area (Å²) < 4.78 is 8.40. The Balaban J connectivity index is 1.79. The largest absolute Gasteiger partial charge is 0.465 e. The van der Waals surface area contributed by atoms with E-state index in [0.717, 1.165) is 46.2 Å². The second-order valence-electron chi connectivity index (χ2n) is 6.30. The van der Waals surface area contributed by atoms with Crippen LogP contribution in [0.15, 0.2) is 30.5 Å². The highest BCUT2D eigenvalue weighted by atomic mass is 16.5. The maximum absolute atomic E-state index is 11.6. The van der Waals surface area contributed by atoms with Gasteiger partial charge < -0.3 is 9.72 Å². The van der Waals surface area contributed by atoms with Crippen LogP contribution < -0.4 is 0 Å². The highest BCUT2D eigenvalue weighted by Crippen LogP contribution is 2.26. The zero-order valence-electron chi connectivity index (χ0n) is 15.6. The molecule has 4 aromatic rings. The number of aryl methyl sites for hydroxylation is 3. The topological polar surface area (TPSA) is 90.6 Å². The summed E-state index contributed by atoms with van der Waals surface area (Å²) in [6.07, 6.45) is 1.99. The smallest absolute Gasteiger partial charge is 0.337 e. The first-order valence-corrected chi connectivity index (χ1v) is 8.70. The summed E-state index contributed by atoms with van der Waals surface area (Å²) in [4.78, 5) is 19.8. The van der Waals surface area contributed by atoms with Gasteiger partial charge in [-0.15, -0.1) is 0 Å². The molecule has 0 saturated heterocycles. The highest BCUT2D eigenvalue weighted by Gasteiger charge is 2.18. The molecule has 0 amide bonds. The third-order valence-corrected chi connectivity index (χ3v) is 4.56. The van der Waals surface area contributed by atoms with Crippen LogP contribution in [0.5, 0.6) is 0 Å². The van der Waals surface area contributed by atoms with Crippen LogP contribution in [0.25, 0.3) is 28.2 Å². The fourth-order valence-electron chi connectivity index (χ4n) is 3.09. The van der Waals surface area contributed by atoms with Crippen molar-refractivity contribution in [3.05, 3.63) is 47.4 Å². The maximum atomic E-state index is 11.6.